The molecule has 0 radical (unpaired) electrons. The molecule has 168 valence electrons. The van der Waals surface area contributed by atoms with Crippen molar-refractivity contribution in [2.45, 2.75) is 38.0 Å². The van der Waals surface area contributed by atoms with Gasteiger partial charge in [-0.25, -0.2) is 8.42 Å². The lowest BCUT2D eigenvalue weighted by Crippen LogP contribution is -2.44. The van der Waals surface area contributed by atoms with Crippen molar-refractivity contribution in [2.75, 3.05) is 35.4 Å². The Hall–Kier alpha value is -2.59. The molecule has 0 bridgehead atoms. The summed E-state index contributed by atoms with van der Waals surface area (Å²) in [5, 5.41) is 3.30. The summed E-state index contributed by atoms with van der Waals surface area (Å²) in [5.41, 5.74) is 2.44. The molecule has 2 aromatic rings. The number of alkyl halides is 2. The molecule has 0 aromatic heterocycles. The first kappa shape index (κ1) is 21.6. The first-order chi connectivity index (χ1) is 14.6. The Balaban J connectivity index is 1.78. The monoisotopic (exact) mass is 453 g/mol. The first-order valence-electron chi connectivity index (χ1n) is 10.1. The number of fused-ring (bicyclic) bond motifs is 1. The van der Waals surface area contributed by atoms with Crippen LogP contribution in [0.5, 0.6) is 11.5 Å². The standard InChI is InChI=1S/C21H25F2N3O4S/c1-14(2)26(16-8-7-15(3)17(13-16)25-11-9-24-10-12-25)31(27,28)19-6-4-5-18-20(19)30-21(22,23)29-18/h4-8,13-14,24H,9-12H2,1-3H3. The first-order valence-corrected chi connectivity index (χ1v) is 11.5. The highest BCUT2D eigenvalue weighted by Crippen LogP contribution is 2.46. The van der Waals surface area contributed by atoms with E-state index in [9.17, 15) is 17.2 Å². The number of para-hydroxylation sites is 1. The van der Waals surface area contributed by atoms with Gasteiger partial charge < -0.3 is 19.7 Å². The van der Waals surface area contributed by atoms with Crippen molar-refractivity contribution < 1.29 is 26.7 Å². The van der Waals surface area contributed by atoms with Crippen molar-refractivity contribution >= 4 is 21.4 Å². The molecule has 1 saturated heterocycles. The largest absolute Gasteiger partial charge is 0.586 e. The number of ether oxygens (including phenoxy) is 2. The van der Waals surface area contributed by atoms with Gasteiger partial charge in [0, 0.05) is 37.9 Å². The van der Waals surface area contributed by atoms with Crippen molar-refractivity contribution in [1.29, 1.82) is 0 Å². The normalized spacial score (nSPS) is 17.8. The number of piperazine rings is 1. The van der Waals surface area contributed by atoms with Gasteiger partial charge in [-0.05, 0) is 50.6 Å². The molecule has 2 heterocycles. The van der Waals surface area contributed by atoms with E-state index in [1.54, 1.807) is 19.9 Å². The van der Waals surface area contributed by atoms with Gasteiger partial charge in [0.05, 0.1) is 5.69 Å². The molecular weight excluding hydrogens is 428 g/mol. The topological polar surface area (TPSA) is 71.1 Å². The van der Waals surface area contributed by atoms with E-state index >= 15 is 0 Å². The fourth-order valence-electron chi connectivity index (χ4n) is 3.95. The van der Waals surface area contributed by atoms with Crippen molar-refractivity contribution in [3.63, 3.8) is 0 Å². The molecule has 1 fully saturated rings. The lowest BCUT2D eigenvalue weighted by molar-refractivity contribution is -0.287. The molecule has 7 nitrogen and oxygen atoms in total. The summed E-state index contributed by atoms with van der Waals surface area (Å²) in [6.07, 6.45) is -3.91. The maximum Gasteiger partial charge on any atom is 0.586 e. The Kier molecular flexibility index (Phi) is 5.47. The Morgan fingerprint density at radius 3 is 2.52 bits per heavy atom. The zero-order valence-corrected chi connectivity index (χ0v) is 18.4. The van der Waals surface area contributed by atoms with Crippen LogP contribution in [0.25, 0.3) is 0 Å². The van der Waals surface area contributed by atoms with E-state index in [0.29, 0.717) is 5.69 Å². The third-order valence-corrected chi connectivity index (χ3v) is 7.33. The zero-order valence-electron chi connectivity index (χ0n) is 17.6. The average Bonchev–Trinajstić information content (AvgIpc) is 3.03. The number of halogens is 2. The maximum absolute atomic E-state index is 13.6. The number of rotatable bonds is 5. The van der Waals surface area contributed by atoms with Crippen molar-refractivity contribution in [3.05, 3.63) is 42.0 Å². The molecule has 2 aromatic carbocycles. The third kappa shape index (κ3) is 4.01. The Morgan fingerprint density at radius 1 is 1.13 bits per heavy atom. The molecule has 0 aliphatic carbocycles. The lowest BCUT2D eigenvalue weighted by Gasteiger charge is -2.33. The highest BCUT2D eigenvalue weighted by atomic mass is 32.2. The molecule has 31 heavy (non-hydrogen) atoms. The molecule has 10 heteroatoms. The second-order valence-corrected chi connectivity index (χ2v) is 9.64. The number of benzene rings is 2. The Labute approximate surface area is 180 Å². The van der Waals surface area contributed by atoms with Gasteiger partial charge >= 0.3 is 6.29 Å². The number of nitrogens with one attached hydrogen (secondary N) is 1. The van der Waals surface area contributed by atoms with Gasteiger partial charge in [-0.2, -0.15) is 0 Å². The number of anilines is 2. The molecule has 2 aliphatic rings. The van der Waals surface area contributed by atoms with Crippen LogP contribution in [0.15, 0.2) is 41.3 Å². The minimum absolute atomic E-state index is 0.305. The second kappa shape index (κ2) is 7.83. The van der Waals surface area contributed by atoms with Gasteiger partial charge in [-0.3, -0.25) is 4.31 Å². The van der Waals surface area contributed by atoms with E-state index in [1.165, 1.54) is 22.5 Å². The van der Waals surface area contributed by atoms with E-state index < -0.39 is 28.1 Å². The highest BCUT2D eigenvalue weighted by Gasteiger charge is 2.47. The SMILES string of the molecule is Cc1ccc(N(C(C)C)S(=O)(=O)c2cccc3c2OC(F)(F)O3)cc1N1CCNCC1. The summed E-state index contributed by atoms with van der Waals surface area (Å²) in [6, 6.07) is 8.84. The smallest absolute Gasteiger partial charge is 0.395 e. The summed E-state index contributed by atoms with van der Waals surface area (Å²) >= 11 is 0. The van der Waals surface area contributed by atoms with Crippen molar-refractivity contribution in [2.24, 2.45) is 0 Å². The van der Waals surface area contributed by atoms with Gasteiger partial charge in [-0.15, -0.1) is 8.78 Å². The molecule has 0 spiro atoms. The van der Waals surface area contributed by atoms with Crippen LogP contribution in [0.1, 0.15) is 19.4 Å². The minimum atomic E-state index is -4.23. The summed E-state index contributed by atoms with van der Waals surface area (Å²) < 4.78 is 64.7. The van der Waals surface area contributed by atoms with Crippen molar-refractivity contribution in [3.8, 4) is 11.5 Å². The average molecular weight is 454 g/mol. The van der Waals surface area contributed by atoms with Crippen LogP contribution in [0.4, 0.5) is 20.2 Å². The van der Waals surface area contributed by atoms with Crippen LogP contribution in [-0.4, -0.2) is 46.9 Å². The Morgan fingerprint density at radius 2 is 1.84 bits per heavy atom. The molecule has 4 rings (SSSR count). The highest BCUT2D eigenvalue weighted by molar-refractivity contribution is 7.93. The maximum atomic E-state index is 13.6. The van der Waals surface area contributed by atoms with E-state index in [0.717, 1.165) is 37.4 Å². The van der Waals surface area contributed by atoms with E-state index in [1.807, 2.05) is 19.1 Å². The summed E-state index contributed by atoms with van der Waals surface area (Å²) in [4.78, 5) is 1.85. The van der Waals surface area contributed by atoms with Gasteiger partial charge in [0.25, 0.3) is 10.0 Å². The summed E-state index contributed by atoms with van der Waals surface area (Å²) in [7, 11) is -4.23. The van der Waals surface area contributed by atoms with Gasteiger partial charge in [-0.1, -0.05) is 12.1 Å². The fourth-order valence-corrected chi connectivity index (χ4v) is 5.73. The molecule has 0 amide bonds. The minimum Gasteiger partial charge on any atom is -0.395 e. The van der Waals surface area contributed by atoms with Gasteiger partial charge in [0.15, 0.2) is 11.5 Å². The number of nitrogens with zero attached hydrogens (tertiary/aromatic N) is 2. The molecule has 0 unspecified atom stereocenters. The quantitative estimate of drug-likeness (QED) is 0.749. The Bertz CT molecular complexity index is 1090. The molecular formula is C21H25F2N3O4S. The fraction of sp³-hybridized carbons (Fsp3) is 0.429. The number of aryl methyl sites for hydroxylation is 1. The van der Waals surface area contributed by atoms with Crippen LogP contribution < -0.4 is 24.0 Å². The summed E-state index contributed by atoms with van der Waals surface area (Å²) in [5.74, 6) is -0.784. The third-order valence-electron chi connectivity index (χ3n) is 5.30. The zero-order chi connectivity index (χ0) is 22.4. The molecule has 0 atom stereocenters. The second-order valence-electron chi connectivity index (χ2n) is 7.85. The number of hydrogen-bond acceptors (Lipinski definition) is 6. The van der Waals surface area contributed by atoms with Gasteiger partial charge in [0.1, 0.15) is 4.90 Å². The predicted octanol–water partition coefficient (Wildman–Crippen LogP) is 3.33. The number of hydrogen-bond donors (Lipinski definition) is 1. The van der Waals surface area contributed by atoms with Crippen LogP contribution >= 0.6 is 0 Å². The predicted molar refractivity (Wildman–Crippen MR) is 114 cm³/mol. The van der Waals surface area contributed by atoms with Crippen molar-refractivity contribution in [1.82, 2.24) is 5.32 Å². The summed E-state index contributed by atoms with van der Waals surface area (Å²) in [6.45, 7) is 8.76. The molecule has 1 N–H and O–H groups in total. The lowest BCUT2D eigenvalue weighted by atomic mass is 10.1. The van der Waals surface area contributed by atoms with Crippen LogP contribution in [0.3, 0.4) is 0 Å². The van der Waals surface area contributed by atoms with E-state index in [-0.39, 0.29) is 10.6 Å². The molecule has 0 saturated carbocycles. The van der Waals surface area contributed by atoms with Crippen LogP contribution in [0, 0.1) is 6.92 Å². The molecule has 2 aliphatic heterocycles. The van der Waals surface area contributed by atoms with Crippen LogP contribution in [-0.2, 0) is 10.0 Å². The van der Waals surface area contributed by atoms with E-state index in [4.69, 9.17) is 0 Å². The van der Waals surface area contributed by atoms with Crippen LogP contribution in [0.2, 0.25) is 0 Å². The van der Waals surface area contributed by atoms with E-state index in [2.05, 4.69) is 19.7 Å². The number of sulfonamides is 1. The van der Waals surface area contributed by atoms with Gasteiger partial charge in [0.2, 0.25) is 0 Å².